The van der Waals surface area contributed by atoms with Crippen molar-refractivity contribution in [2.45, 2.75) is 70.5 Å². The standard InChI is InChI=1S/C48H61N11O7S2/c1-28(2)26-67-68-27-31-6-9-33(10-7-31)43-54-25-37(29(3)55-43)45(61)57-38(14-15-49)48(64)59(5)42-34-11-13-41(66-21-18-52)36(24-34)35-22-32(8-12-40(35)65-20-17-51)23-39(46(62)53-19-16-50)58-44(60)30(4)56-47(42)63/h6-13,22,24-25,28,30,38-39,42H,14-15,17-21,23,26-27,49,51-52H2,1-5H3,(H,53,62)(H,56,63)(H,57,61)(H,58,60)/t30-,38-,39-,42-/m0/s1. The largest absolute Gasteiger partial charge is 0.492 e. The highest BCUT2D eigenvalue weighted by molar-refractivity contribution is 8.76. The molecule has 5 amide bonds. The Labute approximate surface area is 405 Å². The minimum atomic E-state index is -1.40. The molecular formula is C48H61N11O7S2. The summed E-state index contributed by atoms with van der Waals surface area (Å²) in [6.45, 7) is 7.88. The second-order valence-corrected chi connectivity index (χ2v) is 19.0. The van der Waals surface area contributed by atoms with Crippen LogP contribution in [0.25, 0.3) is 22.5 Å². The number of hydrogen-bond acceptors (Lipinski definition) is 15. The molecule has 1 aromatic heterocycles. The second-order valence-electron chi connectivity index (χ2n) is 16.5. The fourth-order valence-corrected chi connectivity index (χ4v) is 9.78. The van der Waals surface area contributed by atoms with Crippen molar-refractivity contribution in [3.63, 3.8) is 0 Å². The summed E-state index contributed by atoms with van der Waals surface area (Å²) in [6.07, 6.45) is 1.42. The topological polar surface area (TPSA) is 283 Å². The molecule has 4 bridgehead atoms. The molecule has 4 atom stereocenters. The summed E-state index contributed by atoms with van der Waals surface area (Å²) >= 11 is 0. The van der Waals surface area contributed by atoms with E-state index in [-0.39, 0.29) is 57.8 Å². The van der Waals surface area contributed by atoms with Gasteiger partial charge in [0, 0.05) is 61.0 Å². The lowest BCUT2D eigenvalue weighted by Gasteiger charge is -2.32. The molecule has 20 heteroatoms. The van der Waals surface area contributed by atoms with Crippen molar-refractivity contribution in [1.29, 1.82) is 5.26 Å². The number of aryl methyl sites for hydroxylation is 1. The number of aromatic nitrogens is 2. The molecule has 0 fully saturated rings. The van der Waals surface area contributed by atoms with Gasteiger partial charge in [-0.3, -0.25) is 24.0 Å². The van der Waals surface area contributed by atoms with Gasteiger partial charge in [-0.2, -0.15) is 5.26 Å². The number of nitrogens with zero attached hydrogens (tertiary/aromatic N) is 4. The maximum Gasteiger partial charge on any atom is 0.255 e. The Morgan fingerprint density at radius 2 is 1.60 bits per heavy atom. The Morgan fingerprint density at radius 1 is 0.926 bits per heavy atom. The van der Waals surface area contributed by atoms with E-state index in [1.807, 2.05) is 51.9 Å². The van der Waals surface area contributed by atoms with Crippen LogP contribution in [0, 0.1) is 24.2 Å². The molecule has 0 saturated heterocycles. The highest BCUT2D eigenvalue weighted by atomic mass is 33.1. The molecule has 2 heterocycles. The molecule has 4 aromatic rings. The minimum Gasteiger partial charge on any atom is -0.492 e. The van der Waals surface area contributed by atoms with Gasteiger partial charge < -0.3 is 52.8 Å². The lowest BCUT2D eigenvalue weighted by molar-refractivity contribution is -0.141. The maximum atomic E-state index is 14.7. The molecule has 0 unspecified atom stereocenters. The van der Waals surface area contributed by atoms with Gasteiger partial charge in [-0.1, -0.05) is 71.8 Å². The van der Waals surface area contributed by atoms with E-state index in [9.17, 15) is 29.2 Å². The van der Waals surface area contributed by atoms with E-state index >= 15 is 0 Å². The fraction of sp³-hybridized carbons (Fsp3) is 0.417. The number of benzene rings is 3. The average molecular weight is 968 g/mol. The third kappa shape index (κ3) is 14.1. The van der Waals surface area contributed by atoms with E-state index in [1.54, 1.807) is 43.3 Å². The number of hydrogen-bond donors (Lipinski definition) is 7. The third-order valence-corrected chi connectivity index (χ3v) is 13.4. The first kappa shape index (κ1) is 52.7. The summed E-state index contributed by atoms with van der Waals surface area (Å²) in [5, 5.41) is 19.9. The monoisotopic (exact) mass is 967 g/mol. The molecule has 1 aliphatic rings. The van der Waals surface area contributed by atoms with Crippen LogP contribution in [0.4, 0.5) is 0 Å². The quantitative estimate of drug-likeness (QED) is 0.0381. The summed E-state index contributed by atoms with van der Waals surface area (Å²) < 4.78 is 12.2. The highest BCUT2D eigenvalue weighted by Gasteiger charge is 2.36. The number of carbonyl (C=O) groups excluding carboxylic acids is 5. The van der Waals surface area contributed by atoms with E-state index in [0.717, 1.165) is 17.1 Å². The van der Waals surface area contributed by atoms with Crippen molar-refractivity contribution in [3.05, 3.63) is 94.8 Å². The van der Waals surface area contributed by atoms with Crippen molar-refractivity contribution in [2.24, 2.45) is 23.1 Å². The Morgan fingerprint density at radius 3 is 2.24 bits per heavy atom. The van der Waals surface area contributed by atoms with E-state index < -0.39 is 53.7 Å². The summed E-state index contributed by atoms with van der Waals surface area (Å²) in [5.74, 6) is 0.411. The first-order chi connectivity index (χ1) is 32.7. The summed E-state index contributed by atoms with van der Waals surface area (Å²) in [7, 11) is 5.07. The van der Waals surface area contributed by atoms with Crippen LogP contribution in [0.2, 0.25) is 0 Å². The van der Waals surface area contributed by atoms with Crippen molar-refractivity contribution in [1.82, 2.24) is 36.1 Å². The number of amides is 5. The highest BCUT2D eigenvalue weighted by Crippen LogP contribution is 2.40. The third-order valence-electron chi connectivity index (χ3n) is 10.8. The van der Waals surface area contributed by atoms with Gasteiger partial charge in [0.05, 0.1) is 17.3 Å². The predicted octanol–water partition coefficient (Wildman–Crippen LogP) is 3.16. The number of carbonyl (C=O) groups is 5. The Kier molecular flexibility index (Phi) is 20.0. The van der Waals surface area contributed by atoms with Gasteiger partial charge in [0.1, 0.15) is 55.4 Å². The summed E-state index contributed by atoms with van der Waals surface area (Å²) in [4.78, 5) is 80.6. The van der Waals surface area contributed by atoms with E-state index in [0.29, 0.717) is 51.2 Å². The van der Waals surface area contributed by atoms with Gasteiger partial charge in [0.25, 0.3) is 5.91 Å². The SMILES string of the molecule is Cc1nc(-c2ccc(CSSCC(C)C)cc2)ncc1C(=O)N[C@@H](CCN)C(=O)N(C)[C@@H]1C(=O)N[C@@H](C)C(=O)N[C@H](C(=O)NCC#N)Cc2ccc(OCCN)c(c2)-c2cc1ccc2OCCN. The van der Waals surface area contributed by atoms with Crippen LogP contribution >= 0.6 is 21.6 Å². The number of rotatable bonds is 20. The van der Waals surface area contributed by atoms with Crippen molar-refractivity contribution < 1.29 is 33.4 Å². The average Bonchev–Trinajstić information content (AvgIpc) is 3.32. The lowest BCUT2D eigenvalue weighted by Crippen LogP contribution is -2.56. The van der Waals surface area contributed by atoms with E-state index in [2.05, 4.69) is 45.1 Å². The van der Waals surface area contributed by atoms with E-state index in [4.69, 9.17) is 26.7 Å². The number of nitriles is 1. The summed E-state index contributed by atoms with van der Waals surface area (Å²) in [5.41, 5.74) is 22.0. The van der Waals surface area contributed by atoms with Gasteiger partial charge in [0.15, 0.2) is 5.82 Å². The van der Waals surface area contributed by atoms with Crippen LogP contribution in [-0.2, 0) is 31.4 Å². The summed E-state index contributed by atoms with van der Waals surface area (Å²) in [6, 6.07) is 15.0. The minimum absolute atomic E-state index is 0.000284. The molecule has 18 nitrogen and oxygen atoms in total. The Hall–Kier alpha value is -6.24. The van der Waals surface area contributed by atoms with Crippen LogP contribution < -0.4 is 47.9 Å². The predicted molar refractivity (Wildman–Crippen MR) is 264 cm³/mol. The zero-order valence-electron chi connectivity index (χ0n) is 39.0. The van der Waals surface area contributed by atoms with Crippen molar-refractivity contribution in [2.75, 3.05) is 52.2 Å². The molecule has 0 aliphatic carbocycles. The Balaban J connectivity index is 1.50. The number of likely N-dealkylation sites (N-methyl/N-ethyl adjacent to an activating group) is 1. The van der Waals surface area contributed by atoms with Crippen LogP contribution in [0.3, 0.4) is 0 Å². The number of ether oxygens (including phenoxy) is 2. The van der Waals surface area contributed by atoms with Crippen molar-refractivity contribution >= 4 is 51.1 Å². The van der Waals surface area contributed by atoms with Crippen LogP contribution in [-0.4, -0.2) is 115 Å². The van der Waals surface area contributed by atoms with Crippen LogP contribution in [0.1, 0.15) is 66.0 Å². The lowest BCUT2D eigenvalue weighted by atomic mass is 9.93. The van der Waals surface area contributed by atoms with Gasteiger partial charge in [-0.25, -0.2) is 9.97 Å². The first-order valence-corrected chi connectivity index (χ1v) is 24.8. The molecule has 10 N–H and O–H groups in total. The molecule has 0 saturated carbocycles. The maximum absolute atomic E-state index is 14.7. The smallest absolute Gasteiger partial charge is 0.255 e. The van der Waals surface area contributed by atoms with Crippen LogP contribution in [0.15, 0.2) is 66.9 Å². The van der Waals surface area contributed by atoms with Crippen molar-refractivity contribution in [3.8, 4) is 40.1 Å². The normalized spacial score (nSPS) is 16.3. The second kappa shape index (κ2) is 25.8. The number of fused-ring (bicyclic) bond motifs is 5. The molecule has 1 aliphatic heterocycles. The molecular weight excluding hydrogens is 907 g/mol. The molecule has 3 aromatic carbocycles. The molecule has 0 radical (unpaired) electrons. The zero-order chi connectivity index (χ0) is 49.3. The fourth-order valence-electron chi connectivity index (χ4n) is 7.24. The first-order valence-electron chi connectivity index (χ1n) is 22.3. The number of nitrogens with two attached hydrogens (primary N) is 3. The van der Waals surface area contributed by atoms with Crippen LogP contribution in [0.5, 0.6) is 11.5 Å². The molecule has 362 valence electrons. The van der Waals surface area contributed by atoms with Gasteiger partial charge in [-0.15, -0.1) is 0 Å². The molecule has 5 rings (SSSR count). The Bertz CT molecular complexity index is 2450. The molecule has 0 spiro atoms. The number of nitrogens with one attached hydrogen (secondary N) is 4. The zero-order valence-corrected chi connectivity index (χ0v) is 40.6. The van der Waals surface area contributed by atoms with E-state index in [1.165, 1.54) is 30.6 Å². The van der Waals surface area contributed by atoms with Gasteiger partial charge in [0.2, 0.25) is 23.6 Å². The van der Waals surface area contributed by atoms with Gasteiger partial charge in [-0.05, 0) is 73.7 Å². The van der Waals surface area contributed by atoms with Gasteiger partial charge >= 0.3 is 0 Å². The molecule has 68 heavy (non-hydrogen) atoms.